The number of rotatable bonds is 2. The van der Waals surface area contributed by atoms with E-state index in [0.29, 0.717) is 12.1 Å². The van der Waals surface area contributed by atoms with Crippen LogP contribution in [0.3, 0.4) is 0 Å². The Morgan fingerprint density at radius 2 is 1.56 bits per heavy atom. The van der Waals surface area contributed by atoms with Crippen molar-refractivity contribution in [1.82, 2.24) is 5.32 Å². The average Bonchev–Trinajstić information content (AvgIpc) is 3.24. The van der Waals surface area contributed by atoms with E-state index in [1.54, 1.807) is 6.07 Å². The molecule has 1 saturated heterocycles. The molecule has 0 aromatic heterocycles. The summed E-state index contributed by atoms with van der Waals surface area (Å²) in [5, 5.41) is 6.65. The number of carbonyl (C=O) groups is 1. The number of halogens is 1. The smallest absolute Gasteiger partial charge is 0.237 e. The van der Waals surface area contributed by atoms with Gasteiger partial charge in [-0.15, -0.1) is 0 Å². The molecule has 2 aliphatic heterocycles. The Labute approximate surface area is 157 Å². The van der Waals surface area contributed by atoms with Crippen LogP contribution in [0.1, 0.15) is 35.2 Å². The van der Waals surface area contributed by atoms with Gasteiger partial charge in [0.2, 0.25) is 5.91 Å². The average molecular weight is 358 g/mol. The van der Waals surface area contributed by atoms with Gasteiger partial charge in [0.15, 0.2) is 0 Å². The Hall–Kier alpha value is -2.98. The summed E-state index contributed by atoms with van der Waals surface area (Å²) in [6.45, 7) is 0. The van der Waals surface area contributed by atoms with Gasteiger partial charge in [0.25, 0.3) is 0 Å². The molecule has 0 bridgehead atoms. The van der Waals surface area contributed by atoms with E-state index in [1.807, 2.05) is 48.5 Å². The molecule has 1 fully saturated rings. The molecule has 27 heavy (non-hydrogen) atoms. The maximum Gasteiger partial charge on any atom is 0.237 e. The lowest BCUT2D eigenvalue weighted by Crippen LogP contribution is -2.39. The normalized spacial score (nSPS) is 26.2. The molecule has 0 radical (unpaired) electrons. The number of hydrogen-bond donors (Lipinski definition) is 2. The maximum absolute atomic E-state index is 14.1. The van der Waals surface area contributed by atoms with Crippen LogP contribution in [0, 0.1) is 5.82 Å². The number of hydrogen-bond acceptors (Lipinski definition) is 2. The van der Waals surface area contributed by atoms with Crippen molar-refractivity contribution in [1.29, 1.82) is 0 Å². The highest BCUT2D eigenvalue weighted by molar-refractivity contribution is 6.07. The number of carbonyl (C=O) groups excluding carboxylic acids is 1. The number of nitrogens with one attached hydrogen (secondary N) is 2. The van der Waals surface area contributed by atoms with Gasteiger partial charge in [-0.05, 0) is 41.3 Å². The molecule has 1 amide bonds. The quantitative estimate of drug-likeness (QED) is 0.709. The molecule has 4 heteroatoms. The van der Waals surface area contributed by atoms with E-state index in [1.165, 1.54) is 12.1 Å². The molecule has 2 aliphatic rings. The van der Waals surface area contributed by atoms with Crippen LogP contribution < -0.4 is 10.6 Å². The Morgan fingerprint density at radius 1 is 0.889 bits per heavy atom. The molecule has 2 N–H and O–H groups in total. The summed E-state index contributed by atoms with van der Waals surface area (Å²) >= 11 is 0. The molecule has 3 atom stereocenters. The topological polar surface area (TPSA) is 41.1 Å². The van der Waals surface area contributed by atoms with E-state index < -0.39 is 5.41 Å². The summed E-state index contributed by atoms with van der Waals surface area (Å²) in [5.74, 6) is -0.387. The fourth-order valence-corrected chi connectivity index (χ4v) is 4.61. The van der Waals surface area contributed by atoms with Gasteiger partial charge in [0.1, 0.15) is 5.82 Å². The second-order valence-electron chi connectivity index (χ2n) is 7.29. The fraction of sp³-hybridized carbons (Fsp3) is 0.174. The third-order valence-electron chi connectivity index (χ3n) is 5.84. The zero-order valence-electron chi connectivity index (χ0n) is 14.7. The summed E-state index contributed by atoms with van der Waals surface area (Å²) in [5.41, 5.74) is 2.78. The highest BCUT2D eigenvalue weighted by Crippen LogP contribution is 2.55. The van der Waals surface area contributed by atoms with Crippen LogP contribution in [-0.4, -0.2) is 5.91 Å². The van der Waals surface area contributed by atoms with Gasteiger partial charge in [-0.25, -0.2) is 4.39 Å². The van der Waals surface area contributed by atoms with Crippen molar-refractivity contribution in [3.8, 4) is 0 Å². The van der Waals surface area contributed by atoms with Gasteiger partial charge in [0, 0.05) is 11.7 Å². The van der Waals surface area contributed by atoms with Gasteiger partial charge >= 0.3 is 0 Å². The summed E-state index contributed by atoms with van der Waals surface area (Å²) in [6, 6.07) is 24.4. The van der Waals surface area contributed by atoms with Crippen molar-refractivity contribution in [2.75, 3.05) is 5.32 Å². The molecule has 1 spiro atoms. The molecule has 0 saturated carbocycles. The number of anilines is 1. The van der Waals surface area contributed by atoms with E-state index in [9.17, 15) is 9.18 Å². The van der Waals surface area contributed by atoms with Crippen LogP contribution in [0.4, 0.5) is 10.1 Å². The minimum atomic E-state index is -0.834. The van der Waals surface area contributed by atoms with Crippen LogP contribution in [0.15, 0.2) is 78.9 Å². The molecular weight excluding hydrogens is 339 g/mol. The predicted octanol–water partition coefficient (Wildman–Crippen LogP) is 4.49. The van der Waals surface area contributed by atoms with Crippen molar-refractivity contribution in [3.63, 3.8) is 0 Å². The lowest BCUT2D eigenvalue weighted by Gasteiger charge is -2.29. The Kier molecular flexibility index (Phi) is 3.62. The summed E-state index contributed by atoms with van der Waals surface area (Å²) in [4.78, 5) is 13.3. The largest absolute Gasteiger partial charge is 0.325 e. The van der Waals surface area contributed by atoms with Crippen molar-refractivity contribution >= 4 is 11.6 Å². The van der Waals surface area contributed by atoms with E-state index >= 15 is 0 Å². The molecule has 2 heterocycles. The van der Waals surface area contributed by atoms with E-state index in [2.05, 4.69) is 22.8 Å². The van der Waals surface area contributed by atoms with Gasteiger partial charge in [0.05, 0.1) is 11.5 Å². The Morgan fingerprint density at radius 3 is 2.26 bits per heavy atom. The predicted molar refractivity (Wildman–Crippen MR) is 103 cm³/mol. The maximum atomic E-state index is 14.1. The van der Waals surface area contributed by atoms with Crippen LogP contribution >= 0.6 is 0 Å². The van der Waals surface area contributed by atoms with Gasteiger partial charge in [-0.1, -0.05) is 60.7 Å². The molecule has 3 nitrogen and oxygen atoms in total. The second kappa shape index (κ2) is 6.03. The first-order valence-corrected chi connectivity index (χ1v) is 9.16. The molecule has 134 valence electrons. The molecule has 0 aliphatic carbocycles. The SMILES string of the molecule is O=C1Nc2ccc(F)cc2C12CC(c1ccccc1)NC2c1ccccc1. The van der Waals surface area contributed by atoms with Crippen LogP contribution in [0.2, 0.25) is 0 Å². The van der Waals surface area contributed by atoms with Gasteiger partial charge in [-0.2, -0.15) is 0 Å². The monoisotopic (exact) mass is 358 g/mol. The molecule has 3 aromatic rings. The summed E-state index contributed by atoms with van der Waals surface area (Å²) < 4.78 is 14.1. The van der Waals surface area contributed by atoms with Gasteiger partial charge in [-0.3, -0.25) is 4.79 Å². The van der Waals surface area contributed by atoms with Crippen LogP contribution in [-0.2, 0) is 10.2 Å². The Balaban J connectivity index is 1.69. The fourth-order valence-electron chi connectivity index (χ4n) is 4.61. The number of benzene rings is 3. The lowest BCUT2D eigenvalue weighted by atomic mass is 9.72. The minimum Gasteiger partial charge on any atom is -0.325 e. The first-order valence-electron chi connectivity index (χ1n) is 9.16. The number of fused-ring (bicyclic) bond motifs is 2. The highest BCUT2D eigenvalue weighted by atomic mass is 19.1. The zero-order chi connectivity index (χ0) is 18.4. The molecule has 3 aromatic carbocycles. The van der Waals surface area contributed by atoms with Crippen LogP contribution in [0.25, 0.3) is 0 Å². The zero-order valence-corrected chi connectivity index (χ0v) is 14.7. The first kappa shape index (κ1) is 16.2. The summed E-state index contributed by atoms with van der Waals surface area (Å²) in [7, 11) is 0. The van der Waals surface area contributed by atoms with Crippen molar-refractivity contribution in [3.05, 3.63) is 101 Å². The lowest BCUT2D eigenvalue weighted by molar-refractivity contribution is -0.121. The molecule has 3 unspecified atom stereocenters. The molecule has 5 rings (SSSR count). The summed E-state index contributed by atoms with van der Waals surface area (Å²) in [6.07, 6.45) is 0.582. The van der Waals surface area contributed by atoms with Crippen molar-refractivity contribution in [2.24, 2.45) is 0 Å². The standard InChI is InChI=1S/C23H19FN2O/c24-17-11-12-19-18(13-17)23(22(27)26-19)14-20(15-7-3-1-4-8-15)25-21(23)16-9-5-2-6-10-16/h1-13,20-21,25H,14H2,(H,26,27). The second-order valence-corrected chi connectivity index (χ2v) is 7.29. The van der Waals surface area contributed by atoms with E-state index in [0.717, 1.165) is 16.7 Å². The van der Waals surface area contributed by atoms with Gasteiger partial charge < -0.3 is 10.6 Å². The van der Waals surface area contributed by atoms with Crippen molar-refractivity contribution in [2.45, 2.75) is 23.9 Å². The van der Waals surface area contributed by atoms with E-state index in [4.69, 9.17) is 0 Å². The Bertz CT molecular complexity index is 1010. The number of amides is 1. The minimum absolute atomic E-state index is 0.0105. The van der Waals surface area contributed by atoms with E-state index in [-0.39, 0.29) is 23.8 Å². The third-order valence-corrected chi connectivity index (χ3v) is 5.84. The van der Waals surface area contributed by atoms with Crippen molar-refractivity contribution < 1.29 is 9.18 Å². The third kappa shape index (κ3) is 2.41. The van der Waals surface area contributed by atoms with Crippen LogP contribution in [0.5, 0.6) is 0 Å². The molecular formula is C23H19FN2O. The highest BCUT2D eigenvalue weighted by Gasteiger charge is 2.58. The first-order chi connectivity index (χ1) is 13.2.